The van der Waals surface area contributed by atoms with Crippen LogP contribution in [0, 0.1) is 12.3 Å². The van der Waals surface area contributed by atoms with Crippen LogP contribution < -0.4 is 4.74 Å². The standard InChI is InChI=1S/C13H17ClO/c1-9-8-10(15-3)4-5-11(9)12(14)13(2)6-7-13/h4-5,8,12H,6-7H2,1-3H3. The van der Waals surface area contributed by atoms with Crippen molar-refractivity contribution in [2.24, 2.45) is 5.41 Å². The predicted octanol–water partition coefficient (Wildman–Crippen LogP) is 4.08. The average molecular weight is 225 g/mol. The second kappa shape index (κ2) is 3.71. The van der Waals surface area contributed by atoms with Crippen molar-refractivity contribution in [1.82, 2.24) is 0 Å². The molecule has 1 aliphatic carbocycles. The molecule has 1 aliphatic rings. The highest BCUT2D eigenvalue weighted by Crippen LogP contribution is 2.57. The van der Waals surface area contributed by atoms with E-state index in [2.05, 4.69) is 26.0 Å². The molecule has 1 nitrogen and oxygen atoms in total. The van der Waals surface area contributed by atoms with Crippen molar-refractivity contribution in [1.29, 1.82) is 0 Å². The highest BCUT2D eigenvalue weighted by atomic mass is 35.5. The Balaban J connectivity index is 2.28. The number of hydrogen-bond acceptors (Lipinski definition) is 1. The lowest BCUT2D eigenvalue weighted by molar-refractivity contribution is 0.414. The highest BCUT2D eigenvalue weighted by molar-refractivity contribution is 6.21. The lowest BCUT2D eigenvalue weighted by atomic mass is 9.94. The zero-order valence-electron chi connectivity index (χ0n) is 9.51. The van der Waals surface area contributed by atoms with Crippen molar-refractivity contribution in [2.75, 3.05) is 7.11 Å². The Morgan fingerprint density at radius 3 is 2.53 bits per heavy atom. The summed E-state index contributed by atoms with van der Waals surface area (Å²) in [5.74, 6) is 0.904. The molecule has 15 heavy (non-hydrogen) atoms. The van der Waals surface area contributed by atoms with Crippen molar-refractivity contribution >= 4 is 11.6 Å². The van der Waals surface area contributed by atoms with Gasteiger partial charge in [0, 0.05) is 0 Å². The molecule has 0 amide bonds. The van der Waals surface area contributed by atoms with Gasteiger partial charge in [0.05, 0.1) is 12.5 Å². The number of hydrogen-bond donors (Lipinski definition) is 0. The van der Waals surface area contributed by atoms with Gasteiger partial charge in [0.2, 0.25) is 0 Å². The Labute approximate surface area is 96.4 Å². The molecule has 82 valence electrons. The number of benzene rings is 1. The molecule has 1 aromatic rings. The van der Waals surface area contributed by atoms with E-state index in [9.17, 15) is 0 Å². The number of rotatable bonds is 3. The van der Waals surface area contributed by atoms with Crippen LogP contribution in [0.3, 0.4) is 0 Å². The van der Waals surface area contributed by atoms with Gasteiger partial charge in [-0.3, -0.25) is 0 Å². The topological polar surface area (TPSA) is 9.23 Å². The summed E-state index contributed by atoms with van der Waals surface area (Å²) in [6.45, 7) is 4.35. The molecule has 0 saturated heterocycles. The van der Waals surface area contributed by atoms with E-state index in [-0.39, 0.29) is 5.38 Å². The van der Waals surface area contributed by atoms with Gasteiger partial charge >= 0.3 is 0 Å². The molecule has 1 atom stereocenters. The zero-order valence-corrected chi connectivity index (χ0v) is 10.3. The molecule has 0 aromatic heterocycles. The summed E-state index contributed by atoms with van der Waals surface area (Å²) >= 11 is 6.50. The fraction of sp³-hybridized carbons (Fsp3) is 0.538. The van der Waals surface area contributed by atoms with Gasteiger partial charge in [-0.1, -0.05) is 13.0 Å². The van der Waals surface area contributed by atoms with E-state index in [4.69, 9.17) is 16.3 Å². The average Bonchev–Trinajstić information content (AvgIpc) is 2.96. The third-order valence-electron chi connectivity index (χ3n) is 3.40. The third kappa shape index (κ3) is 1.98. The summed E-state index contributed by atoms with van der Waals surface area (Å²) in [6, 6.07) is 6.13. The second-order valence-corrected chi connectivity index (χ2v) is 5.18. The van der Waals surface area contributed by atoms with E-state index in [1.807, 2.05) is 6.07 Å². The first-order valence-corrected chi connectivity index (χ1v) is 5.79. The summed E-state index contributed by atoms with van der Waals surface area (Å²) in [4.78, 5) is 0. The lowest BCUT2D eigenvalue weighted by Gasteiger charge is -2.19. The van der Waals surface area contributed by atoms with Gasteiger partial charge in [-0.15, -0.1) is 11.6 Å². The minimum Gasteiger partial charge on any atom is -0.497 e. The van der Waals surface area contributed by atoms with Gasteiger partial charge in [0.1, 0.15) is 5.75 Å². The van der Waals surface area contributed by atoms with Gasteiger partial charge in [-0.2, -0.15) is 0 Å². The molecule has 1 unspecified atom stereocenters. The molecule has 0 bridgehead atoms. The van der Waals surface area contributed by atoms with E-state index < -0.39 is 0 Å². The molecule has 2 heteroatoms. The Bertz CT molecular complexity index is 369. The van der Waals surface area contributed by atoms with Crippen LogP contribution in [0.2, 0.25) is 0 Å². The first-order valence-electron chi connectivity index (χ1n) is 5.35. The normalized spacial score (nSPS) is 19.7. The minimum atomic E-state index is 0.142. The van der Waals surface area contributed by atoms with Crippen LogP contribution in [-0.4, -0.2) is 7.11 Å². The Morgan fingerprint density at radius 1 is 1.40 bits per heavy atom. The van der Waals surface area contributed by atoms with Crippen LogP contribution in [0.5, 0.6) is 5.75 Å². The van der Waals surface area contributed by atoms with Gasteiger partial charge in [-0.25, -0.2) is 0 Å². The molecule has 1 fully saturated rings. The number of methoxy groups -OCH3 is 1. The molecule has 0 heterocycles. The zero-order chi connectivity index (χ0) is 11.1. The van der Waals surface area contributed by atoms with Crippen LogP contribution in [0.25, 0.3) is 0 Å². The van der Waals surface area contributed by atoms with Gasteiger partial charge in [0.25, 0.3) is 0 Å². The minimum absolute atomic E-state index is 0.142. The van der Waals surface area contributed by atoms with E-state index >= 15 is 0 Å². The predicted molar refractivity (Wildman–Crippen MR) is 63.7 cm³/mol. The molecule has 1 saturated carbocycles. The first kappa shape index (κ1) is 10.8. The number of halogens is 1. The summed E-state index contributed by atoms with van der Waals surface area (Å²) in [7, 11) is 1.69. The third-order valence-corrected chi connectivity index (χ3v) is 4.16. The van der Waals surface area contributed by atoms with E-state index in [1.165, 1.54) is 24.0 Å². The Morgan fingerprint density at radius 2 is 2.07 bits per heavy atom. The molecule has 0 aliphatic heterocycles. The monoisotopic (exact) mass is 224 g/mol. The molecular weight excluding hydrogens is 208 g/mol. The van der Waals surface area contributed by atoms with E-state index in [1.54, 1.807) is 7.11 Å². The Hall–Kier alpha value is -0.690. The largest absolute Gasteiger partial charge is 0.497 e. The summed E-state index contributed by atoms with van der Waals surface area (Å²) in [5, 5.41) is 0.142. The fourth-order valence-electron chi connectivity index (χ4n) is 1.89. The number of aryl methyl sites for hydroxylation is 1. The molecule has 2 rings (SSSR count). The molecule has 0 radical (unpaired) electrons. The number of ether oxygens (including phenoxy) is 1. The maximum Gasteiger partial charge on any atom is 0.119 e. The van der Waals surface area contributed by atoms with E-state index in [0.29, 0.717) is 5.41 Å². The van der Waals surface area contributed by atoms with Gasteiger partial charge in [-0.05, 0) is 48.4 Å². The van der Waals surface area contributed by atoms with Crippen LogP contribution in [-0.2, 0) is 0 Å². The highest BCUT2D eigenvalue weighted by Gasteiger charge is 2.44. The van der Waals surface area contributed by atoms with Crippen molar-refractivity contribution in [3.8, 4) is 5.75 Å². The maximum absolute atomic E-state index is 6.50. The SMILES string of the molecule is COc1ccc(C(Cl)C2(C)CC2)c(C)c1. The molecule has 1 aromatic carbocycles. The molecular formula is C13H17ClO. The van der Waals surface area contributed by atoms with Gasteiger partial charge < -0.3 is 4.74 Å². The number of alkyl halides is 1. The lowest BCUT2D eigenvalue weighted by Crippen LogP contribution is -2.05. The van der Waals surface area contributed by atoms with Gasteiger partial charge in [0.15, 0.2) is 0 Å². The fourth-order valence-corrected chi connectivity index (χ4v) is 2.35. The Kier molecular flexibility index (Phi) is 2.68. The summed E-state index contributed by atoms with van der Waals surface area (Å²) in [5.41, 5.74) is 2.79. The van der Waals surface area contributed by atoms with Crippen molar-refractivity contribution in [3.05, 3.63) is 29.3 Å². The summed E-state index contributed by atoms with van der Waals surface area (Å²) < 4.78 is 5.19. The van der Waals surface area contributed by atoms with Crippen molar-refractivity contribution in [3.63, 3.8) is 0 Å². The maximum atomic E-state index is 6.50. The van der Waals surface area contributed by atoms with Crippen molar-refractivity contribution < 1.29 is 4.74 Å². The van der Waals surface area contributed by atoms with Crippen LogP contribution in [0.4, 0.5) is 0 Å². The molecule has 0 N–H and O–H groups in total. The first-order chi connectivity index (χ1) is 7.07. The van der Waals surface area contributed by atoms with Crippen LogP contribution in [0.15, 0.2) is 18.2 Å². The second-order valence-electron chi connectivity index (χ2n) is 4.74. The van der Waals surface area contributed by atoms with Crippen LogP contribution >= 0.6 is 11.6 Å². The smallest absolute Gasteiger partial charge is 0.119 e. The molecule has 0 spiro atoms. The van der Waals surface area contributed by atoms with Crippen molar-refractivity contribution in [2.45, 2.75) is 32.1 Å². The quantitative estimate of drug-likeness (QED) is 0.703. The van der Waals surface area contributed by atoms with E-state index in [0.717, 1.165) is 5.75 Å². The van der Waals surface area contributed by atoms with Crippen LogP contribution in [0.1, 0.15) is 36.3 Å². The summed E-state index contributed by atoms with van der Waals surface area (Å²) in [6.07, 6.45) is 2.49.